The average molecular weight is 140 g/mol. The highest BCUT2D eigenvalue weighted by atomic mass is 16.2. The number of imide groups is 1. The third kappa shape index (κ3) is 1.06. The Morgan fingerprint density at radius 1 is 1.60 bits per heavy atom. The standard InChI is InChI=1S/C6H8N2O2/c1-4-3-8(2)6(10)7-5(4)9/h3,8H,2H2,1H3,(H,7,9,10). The topological polar surface area (TPSA) is 50.6 Å². The van der Waals surface area contributed by atoms with Crippen molar-refractivity contribution in [1.82, 2.24) is 5.32 Å². The van der Waals surface area contributed by atoms with Gasteiger partial charge in [-0.3, -0.25) is 4.79 Å². The van der Waals surface area contributed by atoms with E-state index in [0.717, 1.165) is 0 Å². The highest BCUT2D eigenvalue weighted by molar-refractivity contribution is 6.02. The Balaban J connectivity index is 2.89. The lowest BCUT2D eigenvalue weighted by molar-refractivity contribution is -0.704. The Labute approximate surface area is 58.5 Å². The molecular weight excluding hydrogens is 132 g/mol. The molecule has 0 saturated carbocycles. The van der Waals surface area contributed by atoms with E-state index in [-0.39, 0.29) is 5.91 Å². The van der Waals surface area contributed by atoms with Crippen LogP contribution in [0.25, 0.3) is 0 Å². The van der Waals surface area contributed by atoms with Gasteiger partial charge in [-0.25, -0.2) is 10.1 Å². The number of hydrogen-bond acceptors (Lipinski definition) is 2. The van der Waals surface area contributed by atoms with E-state index in [4.69, 9.17) is 0 Å². The molecule has 2 N–H and O–H groups in total. The Morgan fingerprint density at radius 2 is 2.20 bits per heavy atom. The maximum atomic E-state index is 10.7. The predicted molar refractivity (Wildman–Crippen MR) is 33.6 cm³/mol. The number of nitrogens with one attached hydrogen (secondary N) is 2. The third-order valence-corrected chi connectivity index (χ3v) is 1.27. The van der Waals surface area contributed by atoms with Crippen molar-refractivity contribution < 1.29 is 14.5 Å². The molecule has 1 atom stereocenters. The van der Waals surface area contributed by atoms with Gasteiger partial charge in [0.15, 0.2) is 0 Å². The van der Waals surface area contributed by atoms with Gasteiger partial charge in [-0.1, -0.05) is 0 Å². The number of urea groups is 1. The van der Waals surface area contributed by atoms with E-state index in [1.54, 1.807) is 6.92 Å². The number of rotatable bonds is 0. The normalized spacial score (nSPS) is 25.8. The van der Waals surface area contributed by atoms with Crippen molar-refractivity contribution in [3.8, 4) is 0 Å². The minimum Gasteiger partial charge on any atom is -0.357 e. The van der Waals surface area contributed by atoms with Crippen LogP contribution in [0.2, 0.25) is 0 Å². The summed E-state index contributed by atoms with van der Waals surface area (Å²) in [5.41, 5.74) is 0.518. The van der Waals surface area contributed by atoms with E-state index >= 15 is 0 Å². The van der Waals surface area contributed by atoms with Gasteiger partial charge in [0.25, 0.3) is 5.91 Å². The van der Waals surface area contributed by atoms with Crippen LogP contribution >= 0.6 is 0 Å². The summed E-state index contributed by atoms with van der Waals surface area (Å²) in [6.45, 7) is 1.63. The van der Waals surface area contributed by atoms with Gasteiger partial charge in [0.05, 0.1) is 11.8 Å². The maximum absolute atomic E-state index is 10.7. The van der Waals surface area contributed by atoms with E-state index < -0.39 is 6.03 Å². The van der Waals surface area contributed by atoms with Crippen LogP contribution in [0.15, 0.2) is 11.8 Å². The van der Waals surface area contributed by atoms with Crippen LogP contribution in [0, 0.1) is 7.05 Å². The second-order valence-corrected chi connectivity index (χ2v) is 2.14. The smallest absolute Gasteiger partial charge is 0.357 e. The molecule has 1 aliphatic rings. The molecule has 4 heteroatoms. The first-order valence-corrected chi connectivity index (χ1v) is 2.84. The van der Waals surface area contributed by atoms with Crippen molar-refractivity contribution >= 4 is 11.9 Å². The molecule has 54 valence electrons. The molecule has 4 nitrogen and oxygen atoms in total. The summed E-state index contributed by atoms with van der Waals surface area (Å²) in [5.74, 6) is -0.336. The van der Waals surface area contributed by atoms with Crippen molar-refractivity contribution in [2.24, 2.45) is 0 Å². The van der Waals surface area contributed by atoms with Crippen LogP contribution in [-0.2, 0) is 4.79 Å². The Morgan fingerprint density at radius 3 is 2.70 bits per heavy atom. The minimum atomic E-state index is -0.407. The molecule has 1 unspecified atom stereocenters. The van der Waals surface area contributed by atoms with Crippen molar-refractivity contribution in [2.75, 3.05) is 0 Å². The molecule has 0 aliphatic carbocycles. The van der Waals surface area contributed by atoms with Gasteiger partial charge in [0.1, 0.15) is 0 Å². The van der Waals surface area contributed by atoms with Crippen LogP contribution in [0.3, 0.4) is 0 Å². The zero-order valence-corrected chi connectivity index (χ0v) is 5.60. The van der Waals surface area contributed by atoms with Crippen LogP contribution in [0.4, 0.5) is 4.79 Å². The maximum Gasteiger partial charge on any atom is 0.399 e. The van der Waals surface area contributed by atoms with Crippen molar-refractivity contribution in [1.29, 1.82) is 0 Å². The Bertz CT molecular complexity index is 220. The lowest BCUT2D eigenvalue weighted by atomic mass is 10.3. The summed E-state index contributed by atoms with van der Waals surface area (Å²) in [6, 6.07) is -0.407. The van der Waals surface area contributed by atoms with E-state index in [1.807, 2.05) is 0 Å². The zero-order chi connectivity index (χ0) is 7.72. The SMILES string of the molecule is [CH2-][NH+]1C=C(C)C(=O)NC1=O. The molecule has 10 heavy (non-hydrogen) atoms. The molecule has 0 aromatic heterocycles. The van der Waals surface area contributed by atoms with Crippen LogP contribution in [0.1, 0.15) is 6.92 Å². The van der Waals surface area contributed by atoms with Gasteiger partial charge in [-0.2, -0.15) is 0 Å². The fraction of sp³-hybridized carbons (Fsp3) is 0.167. The fourth-order valence-electron chi connectivity index (χ4n) is 0.674. The van der Waals surface area contributed by atoms with Crippen molar-refractivity contribution in [2.45, 2.75) is 6.92 Å². The number of quaternary nitrogens is 1. The zero-order valence-electron chi connectivity index (χ0n) is 5.60. The van der Waals surface area contributed by atoms with E-state index in [0.29, 0.717) is 10.5 Å². The highest BCUT2D eigenvalue weighted by Gasteiger charge is 2.20. The van der Waals surface area contributed by atoms with Gasteiger partial charge in [-0.15, -0.1) is 7.05 Å². The second-order valence-electron chi connectivity index (χ2n) is 2.14. The van der Waals surface area contributed by atoms with Gasteiger partial charge in [0, 0.05) is 0 Å². The van der Waals surface area contributed by atoms with Gasteiger partial charge < -0.3 is 4.90 Å². The molecule has 0 spiro atoms. The van der Waals surface area contributed by atoms with Crippen LogP contribution < -0.4 is 10.2 Å². The highest BCUT2D eigenvalue weighted by Crippen LogP contribution is 1.90. The number of carbonyl (C=O) groups is 2. The lowest BCUT2D eigenvalue weighted by Gasteiger charge is -2.18. The number of hydrogen-bond donors (Lipinski definition) is 2. The van der Waals surface area contributed by atoms with Crippen molar-refractivity contribution in [3.63, 3.8) is 0 Å². The Kier molecular flexibility index (Phi) is 1.55. The molecule has 0 saturated heterocycles. The molecule has 0 aromatic rings. The lowest BCUT2D eigenvalue weighted by Crippen LogP contribution is -3.08. The Hall–Kier alpha value is -1.16. The minimum absolute atomic E-state index is 0.331. The van der Waals surface area contributed by atoms with Crippen molar-refractivity contribution in [3.05, 3.63) is 18.8 Å². The quantitative estimate of drug-likeness (QED) is 0.416. The monoisotopic (exact) mass is 140 g/mol. The van der Waals surface area contributed by atoms with Crippen LogP contribution in [0.5, 0.6) is 0 Å². The van der Waals surface area contributed by atoms with Gasteiger partial charge in [-0.05, 0) is 6.92 Å². The summed E-state index contributed by atoms with van der Waals surface area (Å²) < 4.78 is 0. The van der Waals surface area contributed by atoms with Gasteiger partial charge >= 0.3 is 6.03 Å². The van der Waals surface area contributed by atoms with Gasteiger partial charge in [0.2, 0.25) is 0 Å². The molecule has 1 aliphatic heterocycles. The largest absolute Gasteiger partial charge is 0.399 e. The molecule has 0 aromatic carbocycles. The fourth-order valence-corrected chi connectivity index (χ4v) is 0.674. The van der Waals surface area contributed by atoms with E-state index in [1.165, 1.54) is 6.20 Å². The number of amides is 3. The third-order valence-electron chi connectivity index (χ3n) is 1.27. The summed E-state index contributed by atoms with van der Waals surface area (Å²) in [6.07, 6.45) is 1.47. The second kappa shape index (κ2) is 2.22. The molecule has 0 bridgehead atoms. The molecular formula is C6H8N2O2. The summed E-state index contributed by atoms with van der Waals surface area (Å²) in [7, 11) is 3.44. The summed E-state index contributed by atoms with van der Waals surface area (Å²) in [4.78, 5) is 21.7. The average Bonchev–Trinajstić information content (AvgIpc) is 1.84. The molecule has 0 radical (unpaired) electrons. The molecule has 0 fully saturated rings. The first kappa shape index (κ1) is 6.95. The van der Waals surface area contributed by atoms with Crippen LogP contribution in [-0.4, -0.2) is 11.9 Å². The van der Waals surface area contributed by atoms with E-state index in [2.05, 4.69) is 12.4 Å². The summed E-state index contributed by atoms with van der Waals surface area (Å²) >= 11 is 0. The summed E-state index contributed by atoms with van der Waals surface area (Å²) in [5, 5.41) is 2.13. The van der Waals surface area contributed by atoms with E-state index in [9.17, 15) is 9.59 Å². The molecule has 1 rings (SSSR count). The first-order chi connectivity index (χ1) is 4.61. The first-order valence-electron chi connectivity index (χ1n) is 2.84. The number of carbonyl (C=O) groups excluding carboxylic acids is 2. The molecule has 1 heterocycles. The predicted octanol–water partition coefficient (Wildman–Crippen LogP) is -1.18. The molecule has 3 amide bonds.